The Morgan fingerprint density at radius 3 is 3.00 bits per heavy atom. The van der Waals surface area contributed by atoms with E-state index in [1.165, 1.54) is 12.8 Å². The lowest BCUT2D eigenvalue weighted by atomic mass is 10.1. The number of hydrogen-bond acceptors (Lipinski definition) is 4. The van der Waals surface area contributed by atoms with Gasteiger partial charge in [-0.3, -0.25) is 9.72 Å². The highest BCUT2D eigenvalue weighted by Crippen LogP contribution is 2.30. The van der Waals surface area contributed by atoms with E-state index in [1.807, 2.05) is 16.7 Å². The molecule has 2 aromatic heterocycles. The van der Waals surface area contributed by atoms with Gasteiger partial charge in [0.1, 0.15) is 6.04 Å². The monoisotopic (exact) mass is 294 g/mol. The molecule has 1 atom stereocenters. The number of imidazole rings is 1. The smallest absolute Gasteiger partial charge is 0.195 e. The van der Waals surface area contributed by atoms with E-state index in [0.717, 1.165) is 29.2 Å². The number of nitrogens with one attached hydrogen (secondary N) is 1. The summed E-state index contributed by atoms with van der Waals surface area (Å²) < 4.78 is 1.99. The number of fused-ring (bicyclic) bond motifs is 1. The molecule has 0 spiro atoms. The first-order chi connectivity index (χ1) is 9.20. The first-order valence-electron chi connectivity index (χ1n) is 6.48. The standard InChI is InChI=1S/C13H15ClN4S/c1-8-7-19-13-17-12(14)11(18(8)13)10(6-15)16-9-4-2-3-5-9/h7,9-10,16H,2-5H2,1H3. The van der Waals surface area contributed by atoms with Crippen LogP contribution in [0, 0.1) is 18.3 Å². The van der Waals surface area contributed by atoms with Crippen molar-refractivity contribution >= 4 is 27.9 Å². The highest BCUT2D eigenvalue weighted by Gasteiger charge is 2.26. The van der Waals surface area contributed by atoms with Crippen LogP contribution in [0.5, 0.6) is 0 Å². The van der Waals surface area contributed by atoms with Crippen molar-refractivity contribution in [3.8, 4) is 6.07 Å². The zero-order chi connectivity index (χ0) is 13.4. The highest BCUT2D eigenvalue weighted by atomic mass is 35.5. The van der Waals surface area contributed by atoms with Crippen LogP contribution in [0.15, 0.2) is 5.38 Å². The quantitative estimate of drug-likeness (QED) is 0.943. The summed E-state index contributed by atoms with van der Waals surface area (Å²) in [4.78, 5) is 5.19. The molecule has 0 aliphatic heterocycles. The van der Waals surface area contributed by atoms with Crippen molar-refractivity contribution in [2.45, 2.75) is 44.7 Å². The molecule has 0 amide bonds. The van der Waals surface area contributed by atoms with Crippen LogP contribution in [0.1, 0.15) is 43.1 Å². The highest BCUT2D eigenvalue weighted by molar-refractivity contribution is 7.15. The molecule has 0 radical (unpaired) electrons. The SMILES string of the molecule is Cc1csc2nc(Cl)c(C(C#N)NC3CCCC3)n12. The van der Waals surface area contributed by atoms with Crippen molar-refractivity contribution in [3.05, 3.63) is 21.9 Å². The Labute approximate surface area is 121 Å². The Bertz CT molecular complexity index is 633. The summed E-state index contributed by atoms with van der Waals surface area (Å²) in [6, 6.07) is 2.36. The number of halogens is 1. The van der Waals surface area contributed by atoms with E-state index in [0.29, 0.717) is 11.2 Å². The van der Waals surface area contributed by atoms with Crippen LogP contribution >= 0.6 is 22.9 Å². The van der Waals surface area contributed by atoms with Crippen LogP contribution in [0.4, 0.5) is 0 Å². The van der Waals surface area contributed by atoms with Crippen molar-refractivity contribution in [1.29, 1.82) is 5.26 Å². The van der Waals surface area contributed by atoms with E-state index < -0.39 is 0 Å². The third-order valence-corrected chi connectivity index (χ3v) is 4.91. The molecule has 1 aliphatic carbocycles. The van der Waals surface area contributed by atoms with Gasteiger partial charge in [-0.2, -0.15) is 5.26 Å². The Kier molecular flexibility index (Phi) is 3.48. The van der Waals surface area contributed by atoms with Gasteiger partial charge in [0.05, 0.1) is 11.8 Å². The molecule has 0 saturated heterocycles. The summed E-state index contributed by atoms with van der Waals surface area (Å²) >= 11 is 7.77. The fourth-order valence-electron chi connectivity index (χ4n) is 2.75. The van der Waals surface area contributed by atoms with Crippen molar-refractivity contribution < 1.29 is 0 Å². The lowest BCUT2D eigenvalue weighted by Gasteiger charge is -2.17. The molecule has 0 aromatic carbocycles. The van der Waals surface area contributed by atoms with Crippen molar-refractivity contribution in [1.82, 2.24) is 14.7 Å². The summed E-state index contributed by atoms with van der Waals surface area (Å²) in [5.41, 5.74) is 1.85. The second-order valence-corrected chi connectivity index (χ2v) is 6.19. The third-order valence-electron chi connectivity index (χ3n) is 3.69. The summed E-state index contributed by atoms with van der Waals surface area (Å²) in [5, 5.41) is 15.3. The Morgan fingerprint density at radius 2 is 2.32 bits per heavy atom. The minimum atomic E-state index is -0.390. The molecule has 2 heterocycles. The molecule has 1 unspecified atom stereocenters. The number of aryl methyl sites for hydroxylation is 1. The summed E-state index contributed by atoms with van der Waals surface area (Å²) in [7, 11) is 0. The molecule has 1 saturated carbocycles. The lowest BCUT2D eigenvalue weighted by Crippen LogP contribution is -2.30. The molecular formula is C13H15ClN4S. The van der Waals surface area contributed by atoms with Gasteiger partial charge in [-0.05, 0) is 19.8 Å². The largest absolute Gasteiger partial charge is 0.294 e. The maximum Gasteiger partial charge on any atom is 0.195 e. The number of rotatable bonds is 3. The number of aromatic nitrogens is 2. The molecule has 1 aliphatic rings. The van der Waals surface area contributed by atoms with E-state index in [9.17, 15) is 5.26 Å². The van der Waals surface area contributed by atoms with E-state index in [2.05, 4.69) is 16.4 Å². The molecule has 6 heteroatoms. The summed E-state index contributed by atoms with van der Waals surface area (Å²) in [5.74, 6) is 0. The van der Waals surface area contributed by atoms with Gasteiger partial charge in [-0.25, -0.2) is 4.98 Å². The minimum Gasteiger partial charge on any atom is -0.294 e. The molecule has 1 fully saturated rings. The van der Waals surface area contributed by atoms with E-state index in [1.54, 1.807) is 11.3 Å². The Morgan fingerprint density at radius 1 is 1.58 bits per heavy atom. The predicted molar refractivity (Wildman–Crippen MR) is 76.6 cm³/mol. The summed E-state index contributed by atoms with van der Waals surface area (Å²) in [6.07, 6.45) is 4.76. The van der Waals surface area contributed by atoms with E-state index in [4.69, 9.17) is 11.6 Å². The van der Waals surface area contributed by atoms with Gasteiger partial charge in [0, 0.05) is 17.1 Å². The topological polar surface area (TPSA) is 53.1 Å². The van der Waals surface area contributed by atoms with Gasteiger partial charge in [-0.15, -0.1) is 11.3 Å². The average Bonchev–Trinajstić information content (AvgIpc) is 3.07. The second-order valence-electron chi connectivity index (χ2n) is 4.99. The fourth-order valence-corrected chi connectivity index (χ4v) is 3.95. The molecular weight excluding hydrogens is 280 g/mol. The lowest BCUT2D eigenvalue weighted by molar-refractivity contribution is 0.485. The van der Waals surface area contributed by atoms with Crippen LogP contribution in [0.25, 0.3) is 4.96 Å². The zero-order valence-electron chi connectivity index (χ0n) is 10.7. The van der Waals surface area contributed by atoms with Crippen molar-refractivity contribution in [2.75, 3.05) is 0 Å². The van der Waals surface area contributed by atoms with Crippen LogP contribution in [0.2, 0.25) is 5.15 Å². The number of nitrogens with zero attached hydrogens (tertiary/aromatic N) is 3. The molecule has 3 rings (SSSR count). The second kappa shape index (κ2) is 5.12. The van der Waals surface area contributed by atoms with Crippen LogP contribution in [-0.2, 0) is 0 Å². The fraction of sp³-hybridized carbons (Fsp3) is 0.538. The van der Waals surface area contributed by atoms with Gasteiger partial charge in [0.25, 0.3) is 0 Å². The van der Waals surface area contributed by atoms with Gasteiger partial charge in [-0.1, -0.05) is 24.4 Å². The number of nitriles is 1. The van der Waals surface area contributed by atoms with Gasteiger partial charge in [0.2, 0.25) is 0 Å². The Balaban J connectivity index is 1.98. The molecule has 2 aromatic rings. The normalized spacial score (nSPS) is 17.9. The van der Waals surface area contributed by atoms with Crippen molar-refractivity contribution in [3.63, 3.8) is 0 Å². The van der Waals surface area contributed by atoms with Crippen LogP contribution in [-0.4, -0.2) is 15.4 Å². The first kappa shape index (κ1) is 12.9. The molecule has 4 nitrogen and oxygen atoms in total. The molecule has 100 valence electrons. The zero-order valence-corrected chi connectivity index (χ0v) is 12.3. The van der Waals surface area contributed by atoms with Crippen LogP contribution < -0.4 is 5.32 Å². The van der Waals surface area contributed by atoms with Gasteiger partial charge >= 0.3 is 0 Å². The number of hydrogen-bond donors (Lipinski definition) is 1. The number of thiazole rings is 1. The average molecular weight is 295 g/mol. The van der Waals surface area contributed by atoms with Crippen LogP contribution in [0.3, 0.4) is 0 Å². The van der Waals surface area contributed by atoms with E-state index >= 15 is 0 Å². The maximum absolute atomic E-state index is 9.46. The van der Waals surface area contributed by atoms with Gasteiger partial charge < -0.3 is 0 Å². The molecule has 19 heavy (non-hydrogen) atoms. The predicted octanol–water partition coefficient (Wildman–Crippen LogP) is 3.45. The van der Waals surface area contributed by atoms with E-state index in [-0.39, 0.29) is 6.04 Å². The summed E-state index contributed by atoms with van der Waals surface area (Å²) in [6.45, 7) is 2.01. The molecule has 1 N–H and O–H groups in total. The minimum absolute atomic E-state index is 0.390. The first-order valence-corrected chi connectivity index (χ1v) is 7.74. The maximum atomic E-state index is 9.46. The third kappa shape index (κ3) is 2.25. The Hall–Kier alpha value is -1.09. The molecule has 0 bridgehead atoms. The van der Waals surface area contributed by atoms with Crippen molar-refractivity contribution in [2.24, 2.45) is 0 Å². The van der Waals surface area contributed by atoms with Gasteiger partial charge in [0.15, 0.2) is 10.1 Å².